The van der Waals surface area contributed by atoms with Crippen molar-refractivity contribution in [1.82, 2.24) is 0 Å². The van der Waals surface area contributed by atoms with Crippen LogP contribution in [0.4, 0.5) is 0 Å². The fourth-order valence-corrected chi connectivity index (χ4v) is 2.05. The fourth-order valence-electron chi connectivity index (χ4n) is 2.05. The van der Waals surface area contributed by atoms with Crippen LogP contribution in [0.2, 0.25) is 0 Å². The van der Waals surface area contributed by atoms with Gasteiger partial charge >= 0.3 is 0 Å². The average molecular weight is 271 g/mol. The molecule has 3 nitrogen and oxygen atoms in total. The van der Waals surface area contributed by atoms with Crippen molar-refractivity contribution in [2.24, 2.45) is 5.73 Å². The van der Waals surface area contributed by atoms with Gasteiger partial charge in [0.05, 0.1) is 0 Å². The molecule has 2 N–H and O–H groups in total. The van der Waals surface area contributed by atoms with Crippen LogP contribution in [0, 0.1) is 13.8 Å². The van der Waals surface area contributed by atoms with E-state index in [1.165, 1.54) is 0 Å². The minimum Gasteiger partial charge on any atom is -0.490 e. The first-order valence-electron chi connectivity index (χ1n) is 6.81. The standard InChI is InChI=1S/C17H21NO2/c1-13-4-3-5-14(2)17(13)20-11-10-19-16-8-6-15(12-18)7-9-16/h3-9H,10-12,18H2,1-2H3. The first-order chi connectivity index (χ1) is 9.70. The monoisotopic (exact) mass is 271 g/mol. The SMILES string of the molecule is Cc1cccc(C)c1OCCOc1ccc(CN)cc1. The van der Waals surface area contributed by atoms with E-state index >= 15 is 0 Å². The number of rotatable bonds is 6. The normalized spacial score (nSPS) is 10.3. The highest BCUT2D eigenvalue weighted by molar-refractivity contribution is 5.39. The van der Waals surface area contributed by atoms with Gasteiger partial charge in [-0.2, -0.15) is 0 Å². The Bertz CT molecular complexity index is 529. The van der Waals surface area contributed by atoms with Gasteiger partial charge in [0, 0.05) is 6.54 Å². The molecule has 0 amide bonds. The lowest BCUT2D eigenvalue weighted by Crippen LogP contribution is -2.10. The van der Waals surface area contributed by atoms with Gasteiger partial charge < -0.3 is 15.2 Å². The van der Waals surface area contributed by atoms with Gasteiger partial charge in [0.2, 0.25) is 0 Å². The summed E-state index contributed by atoms with van der Waals surface area (Å²) in [4.78, 5) is 0. The van der Waals surface area contributed by atoms with Crippen LogP contribution in [-0.2, 0) is 6.54 Å². The van der Waals surface area contributed by atoms with Crippen molar-refractivity contribution in [3.05, 3.63) is 59.2 Å². The summed E-state index contributed by atoms with van der Waals surface area (Å²) in [5.41, 5.74) is 8.96. The van der Waals surface area contributed by atoms with E-state index in [1.807, 2.05) is 30.3 Å². The highest BCUT2D eigenvalue weighted by atomic mass is 16.5. The minimum atomic E-state index is 0.524. The molecule has 0 aliphatic rings. The van der Waals surface area contributed by atoms with E-state index in [0.29, 0.717) is 19.8 Å². The molecule has 0 radical (unpaired) electrons. The Kier molecular flexibility index (Phi) is 5.02. The molecule has 0 aliphatic heterocycles. The number of hydrogen-bond acceptors (Lipinski definition) is 3. The summed E-state index contributed by atoms with van der Waals surface area (Å²) in [5.74, 6) is 1.79. The lowest BCUT2D eigenvalue weighted by Gasteiger charge is -2.12. The topological polar surface area (TPSA) is 44.5 Å². The zero-order chi connectivity index (χ0) is 14.4. The van der Waals surface area contributed by atoms with Crippen LogP contribution in [0.3, 0.4) is 0 Å². The van der Waals surface area contributed by atoms with E-state index < -0.39 is 0 Å². The van der Waals surface area contributed by atoms with Crippen LogP contribution in [0.5, 0.6) is 11.5 Å². The number of benzene rings is 2. The summed E-state index contributed by atoms with van der Waals surface area (Å²) in [5, 5.41) is 0. The Morgan fingerprint density at radius 3 is 2.05 bits per heavy atom. The predicted octanol–water partition coefficient (Wildman–Crippen LogP) is 3.22. The molecule has 0 spiro atoms. The number of ether oxygens (including phenoxy) is 2. The maximum Gasteiger partial charge on any atom is 0.125 e. The number of aryl methyl sites for hydroxylation is 2. The van der Waals surface area contributed by atoms with Gasteiger partial charge in [0.15, 0.2) is 0 Å². The van der Waals surface area contributed by atoms with Crippen molar-refractivity contribution in [3.63, 3.8) is 0 Å². The molecule has 3 heteroatoms. The second-order valence-corrected chi connectivity index (χ2v) is 4.77. The molecule has 0 atom stereocenters. The second kappa shape index (κ2) is 6.96. The van der Waals surface area contributed by atoms with E-state index in [9.17, 15) is 0 Å². The third-order valence-corrected chi connectivity index (χ3v) is 3.17. The summed E-state index contributed by atoms with van der Waals surface area (Å²) >= 11 is 0. The Morgan fingerprint density at radius 1 is 0.850 bits per heavy atom. The van der Waals surface area contributed by atoms with Gasteiger partial charge in [-0.1, -0.05) is 30.3 Å². The molecule has 0 unspecified atom stereocenters. The Hall–Kier alpha value is -2.00. The summed E-state index contributed by atoms with van der Waals surface area (Å²) in [6, 6.07) is 13.9. The highest BCUT2D eigenvalue weighted by Gasteiger charge is 2.03. The van der Waals surface area contributed by atoms with Crippen molar-refractivity contribution in [2.75, 3.05) is 13.2 Å². The Balaban J connectivity index is 1.81. The molecule has 0 bridgehead atoms. The van der Waals surface area contributed by atoms with Crippen molar-refractivity contribution < 1.29 is 9.47 Å². The van der Waals surface area contributed by atoms with Crippen LogP contribution >= 0.6 is 0 Å². The summed E-state index contributed by atoms with van der Waals surface area (Å²) in [6.45, 7) is 5.71. The highest BCUT2D eigenvalue weighted by Crippen LogP contribution is 2.22. The molecular formula is C17H21NO2. The van der Waals surface area contributed by atoms with Gasteiger partial charge in [-0.3, -0.25) is 0 Å². The number of nitrogens with two attached hydrogens (primary N) is 1. The van der Waals surface area contributed by atoms with Crippen molar-refractivity contribution in [1.29, 1.82) is 0 Å². The fraction of sp³-hybridized carbons (Fsp3) is 0.294. The molecule has 2 rings (SSSR count). The number of para-hydroxylation sites is 1. The van der Waals surface area contributed by atoms with Crippen LogP contribution in [0.1, 0.15) is 16.7 Å². The predicted molar refractivity (Wildman–Crippen MR) is 81.2 cm³/mol. The molecular weight excluding hydrogens is 250 g/mol. The second-order valence-electron chi connectivity index (χ2n) is 4.77. The first kappa shape index (κ1) is 14.4. The van der Waals surface area contributed by atoms with E-state index in [4.69, 9.17) is 15.2 Å². The van der Waals surface area contributed by atoms with E-state index in [2.05, 4.69) is 26.0 Å². The Labute approximate surface area is 120 Å². The Morgan fingerprint density at radius 2 is 1.45 bits per heavy atom. The first-order valence-corrected chi connectivity index (χ1v) is 6.81. The van der Waals surface area contributed by atoms with Gasteiger partial charge in [-0.15, -0.1) is 0 Å². The molecule has 2 aromatic rings. The molecule has 0 heterocycles. The lowest BCUT2D eigenvalue weighted by molar-refractivity contribution is 0.215. The molecule has 0 fully saturated rings. The molecule has 0 saturated heterocycles. The van der Waals surface area contributed by atoms with Crippen molar-refractivity contribution in [2.45, 2.75) is 20.4 Å². The maximum absolute atomic E-state index is 5.79. The molecule has 0 aromatic heterocycles. The largest absolute Gasteiger partial charge is 0.490 e. The summed E-state index contributed by atoms with van der Waals surface area (Å²) in [6.07, 6.45) is 0. The molecule has 0 saturated carbocycles. The van der Waals surface area contributed by atoms with Gasteiger partial charge in [-0.25, -0.2) is 0 Å². The number of hydrogen-bond donors (Lipinski definition) is 1. The van der Waals surface area contributed by atoms with Crippen molar-refractivity contribution in [3.8, 4) is 11.5 Å². The molecule has 106 valence electrons. The average Bonchev–Trinajstić information content (AvgIpc) is 2.46. The van der Waals surface area contributed by atoms with E-state index in [1.54, 1.807) is 0 Å². The smallest absolute Gasteiger partial charge is 0.125 e. The van der Waals surface area contributed by atoms with Gasteiger partial charge in [0.1, 0.15) is 24.7 Å². The van der Waals surface area contributed by atoms with E-state index in [-0.39, 0.29) is 0 Å². The van der Waals surface area contributed by atoms with E-state index in [0.717, 1.165) is 28.2 Å². The summed E-state index contributed by atoms with van der Waals surface area (Å²) in [7, 11) is 0. The van der Waals surface area contributed by atoms with Crippen molar-refractivity contribution >= 4 is 0 Å². The van der Waals surface area contributed by atoms with Gasteiger partial charge in [0.25, 0.3) is 0 Å². The van der Waals surface area contributed by atoms with Crippen LogP contribution in [-0.4, -0.2) is 13.2 Å². The minimum absolute atomic E-state index is 0.524. The third-order valence-electron chi connectivity index (χ3n) is 3.17. The van der Waals surface area contributed by atoms with Crippen LogP contribution in [0.15, 0.2) is 42.5 Å². The lowest BCUT2D eigenvalue weighted by atomic mass is 10.1. The van der Waals surface area contributed by atoms with Crippen LogP contribution in [0.25, 0.3) is 0 Å². The van der Waals surface area contributed by atoms with Gasteiger partial charge in [-0.05, 0) is 42.7 Å². The zero-order valence-corrected chi connectivity index (χ0v) is 12.1. The maximum atomic E-state index is 5.79. The molecule has 20 heavy (non-hydrogen) atoms. The van der Waals surface area contributed by atoms with Crippen LogP contribution < -0.4 is 15.2 Å². The quantitative estimate of drug-likeness (QED) is 0.820. The molecule has 2 aromatic carbocycles. The zero-order valence-electron chi connectivity index (χ0n) is 12.1. The summed E-state index contributed by atoms with van der Waals surface area (Å²) < 4.78 is 11.4. The third kappa shape index (κ3) is 3.75. The molecule has 0 aliphatic carbocycles.